The zero-order chi connectivity index (χ0) is 37.8. The number of hydrogen-bond donors (Lipinski definition) is 0. The summed E-state index contributed by atoms with van der Waals surface area (Å²) in [6.45, 7) is 21.8. The molecule has 14 heteroatoms. The molecule has 0 bridgehead atoms. The molecule has 0 rings (SSSR count). The Hall–Kier alpha value is 1.29. The second-order valence-corrected chi connectivity index (χ2v) is 12.6. The summed E-state index contributed by atoms with van der Waals surface area (Å²) in [5.74, 6) is 0. The van der Waals surface area contributed by atoms with Gasteiger partial charge < -0.3 is 60.5 Å². The van der Waals surface area contributed by atoms with Crippen molar-refractivity contribution in [2.75, 3.05) is 82.6 Å². The average molecular weight is 827 g/mol. The number of hydrogen-bond acceptors (Lipinski definition) is 12. The van der Waals surface area contributed by atoms with Crippen molar-refractivity contribution < 1.29 is 93.3 Å². The van der Waals surface area contributed by atoms with Gasteiger partial charge in [-0.15, -0.1) is 48.8 Å². The van der Waals surface area contributed by atoms with Gasteiger partial charge in [-0.2, -0.15) is 0 Å². The molecule has 0 amide bonds. The first kappa shape index (κ1) is 72.9. The summed E-state index contributed by atoms with van der Waals surface area (Å²) in [5.41, 5.74) is 0. The predicted molar refractivity (Wildman–Crippen MR) is 173 cm³/mol. The molecule has 0 N–H and O–H groups in total. The standard InChI is InChI=1S/2C7H17N2O.6C3H7O.2Zr/c2*1-8(2)5-7(10)6-9(3)4;6*1-3(2)4;;/h2*7H,5-6H2,1-4H3;6*3H,1-2H3;;/q8*-1;2*+4. The van der Waals surface area contributed by atoms with E-state index in [1.807, 2.05) is 76.0 Å². The topological polar surface area (TPSA) is 197 Å². The van der Waals surface area contributed by atoms with Crippen LogP contribution < -0.4 is 40.9 Å². The summed E-state index contributed by atoms with van der Waals surface area (Å²) < 4.78 is 0. The molecule has 280 valence electrons. The van der Waals surface area contributed by atoms with Crippen LogP contribution in [0.25, 0.3) is 0 Å². The molecular weight excluding hydrogens is 751 g/mol. The van der Waals surface area contributed by atoms with Crippen LogP contribution >= 0.6 is 0 Å². The molecule has 0 fully saturated rings. The third kappa shape index (κ3) is 297. The van der Waals surface area contributed by atoms with Crippen LogP contribution in [0.2, 0.25) is 0 Å². The monoisotopic (exact) mass is 824 g/mol. The maximum Gasteiger partial charge on any atom is 4.00 e. The van der Waals surface area contributed by atoms with Crippen LogP contribution in [0.15, 0.2) is 0 Å². The van der Waals surface area contributed by atoms with E-state index >= 15 is 0 Å². The third-order valence-corrected chi connectivity index (χ3v) is 2.28. The zero-order valence-corrected chi connectivity index (χ0v) is 38.4. The Balaban J connectivity index is -0.0000000418. The summed E-state index contributed by atoms with van der Waals surface area (Å²) in [6, 6.07) is 0. The van der Waals surface area contributed by atoms with Crippen LogP contribution in [-0.4, -0.2) is 151 Å². The molecule has 0 saturated carbocycles. The molecule has 0 aromatic rings. The van der Waals surface area contributed by atoms with Gasteiger partial charge in [0, 0.05) is 0 Å². The molecule has 12 nitrogen and oxygen atoms in total. The Morgan fingerprint density at radius 3 is 0.391 bits per heavy atom. The number of likely N-dealkylation sites (N-methyl/N-ethyl adjacent to an activating group) is 4. The van der Waals surface area contributed by atoms with Crippen LogP contribution in [0.3, 0.4) is 0 Å². The van der Waals surface area contributed by atoms with Gasteiger partial charge >= 0.3 is 52.4 Å². The minimum absolute atomic E-state index is 0. The van der Waals surface area contributed by atoms with Crippen molar-refractivity contribution in [3.05, 3.63) is 0 Å². The second-order valence-electron chi connectivity index (χ2n) is 12.6. The molecule has 0 aromatic heterocycles. The minimum Gasteiger partial charge on any atom is -0.852 e. The van der Waals surface area contributed by atoms with E-state index in [1.54, 1.807) is 83.1 Å². The fourth-order valence-corrected chi connectivity index (χ4v) is 1.74. The summed E-state index contributed by atoms with van der Waals surface area (Å²) in [4.78, 5) is 7.67. The molecular formula is C32H76N4O8Zr2. The Kier molecular flexibility index (Phi) is 88.2. The van der Waals surface area contributed by atoms with Crippen molar-refractivity contribution in [1.29, 1.82) is 0 Å². The molecule has 46 heavy (non-hydrogen) atoms. The van der Waals surface area contributed by atoms with Crippen LogP contribution in [0.5, 0.6) is 0 Å². The van der Waals surface area contributed by atoms with E-state index in [2.05, 4.69) is 0 Å². The van der Waals surface area contributed by atoms with Gasteiger partial charge in [0.15, 0.2) is 0 Å². The quantitative estimate of drug-likeness (QED) is 0.232. The van der Waals surface area contributed by atoms with Gasteiger partial charge in [0.1, 0.15) is 0 Å². The van der Waals surface area contributed by atoms with Gasteiger partial charge in [-0.25, -0.2) is 0 Å². The van der Waals surface area contributed by atoms with Crippen molar-refractivity contribution >= 4 is 0 Å². The van der Waals surface area contributed by atoms with E-state index in [0.29, 0.717) is 26.2 Å². The Labute approximate surface area is 325 Å². The molecule has 0 heterocycles. The van der Waals surface area contributed by atoms with Crippen molar-refractivity contribution in [2.24, 2.45) is 0 Å². The summed E-state index contributed by atoms with van der Waals surface area (Å²) in [5, 5.41) is 79.3. The first-order chi connectivity index (χ1) is 19.4. The predicted octanol–water partition coefficient (Wildman–Crippen LogP) is -3.80. The molecule has 0 aromatic carbocycles. The van der Waals surface area contributed by atoms with Crippen molar-refractivity contribution in [1.82, 2.24) is 19.6 Å². The first-order valence-electron chi connectivity index (χ1n) is 15.3. The summed E-state index contributed by atoms with van der Waals surface area (Å²) >= 11 is 0. The van der Waals surface area contributed by atoms with Crippen LogP contribution in [0.1, 0.15) is 83.1 Å². The molecule has 0 saturated heterocycles. The van der Waals surface area contributed by atoms with E-state index in [4.69, 9.17) is 0 Å². The van der Waals surface area contributed by atoms with Crippen LogP contribution in [-0.2, 0) is 52.4 Å². The third-order valence-electron chi connectivity index (χ3n) is 2.28. The van der Waals surface area contributed by atoms with Crippen molar-refractivity contribution in [3.8, 4) is 0 Å². The Morgan fingerprint density at radius 2 is 0.348 bits per heavy atom. The molecule has 0 aliphatic carbocycles. The van der Waals surface area contributed by atoms with Gasteiger partial charge in [-0.05, 0) is 82.6 Å². The maximum absolute atomic E-state index is 11.1. The van der Waals surface area contributed by atoms with Gasteiger partial charge in [0.2, 0.25) is 0 Å². The van der Waals surface area contributed by atoms with Crippen molar-refractivity contribution in [3.63, 3.8) is 0 Å². The van der Waals surface area contributed by atoms with E-state index < -0.39 is 48.8 Å². The average Bonchev–Trinajstić information content (AvgIpc) is 2.62. The molecule has 0 aliphatic heterocycles. The van der Waals surface area contributed by atoms with Crippen LogP contribution in [0, 0.1) is 0 Å². The molecule has 0 spiro atoms. The van der Waals surface area contributed by atoms with Gasteiger partial charge in [-0.3, -0.25) is 0 Å². The Morgan fingerprint density at radius 1 is 0.283 bits per heavy atom. The zero-order valence-electron chi connectivity index (χ0n) is 33.5. The van der Waals surface area contributed by atoms with E-state index in [-0.39, 0.29) is 52.4 Å². The number of rotatable bonds is 8. The SMILES string of the molecule is CC(C)[O-].CC(C)[O-].CC(C)[O-].CC(C)[O-].CC(C)[O-].CC(C)[O-].CN(C)CC([O-])CN(C)C.CN(C)CC([O-])CN(C)C.[Zr+4].[Zr+4]. The molecule has 0 unspecified atom stereocenters. The van der Waals surface area contributed by atoms with Crippen molar-refractivity contribution in [2.45, 2.75) is 132 Å². The minimum atomic E-state index is -0.481. The molecule has 0 radical (unpaired) electrons. The molecule has 0 atom stereocenters. The maximum atomic E-state index is 11.1. The van der Waals surface area contributed by atoms with Crippen LogP contribution in [0.4, 0.5) is 0 Å². The summed E-state index contributed by atoms with van der Waals surface area (Å²) in [6.07, 6.45) is -3.46. The van der Waals surface area contributed by atoms with E-state index in [9.17, 15) is 40.9 Å². The second kappa shape index (κ2) is 55.7. The molecule has 0 aliphatic rings. The Bertz CT molecular complexity index is 361. The summed E-state index contributed by atoms with van der Waals surface area (Å²) in [7, 11) is 15.3. The fraction of sp³-hybridized carbons (Fsp3) is 1.00. The normalized spacial score (nSPS) is 9.91. The van der Waals surface area contributed by atoms with Gasteiger partial charge in [0.25, 0.3) is 0 Å². The largest absolute Gasteiger partial charge is 4.00 e. The van der Waals surface area contributed by atoms with E-state index in [1.165, 1.54) is 0 Å². The first-order valence-corrected chi connectivity index (χ1v) is 15.3. The number of nitrogens with zero attached hydrogens (tertiary/aromatic N) is 4. The smallest absolute Gasteiger partial charge is 0.852 e. The van der Waals surface area contributed by atoms with Gasteiger partial charge in [-0.1, -0.05) is 83.1 Å². The van der Waals surface area contributed by atoms with Gasteiger partial charge in [0.05, 0.1) is 0 Å². The fourth-order valence-electron chi connectivity index (χ4n) is 1.74. The van der Waals surface area contributed by atoms with E-state index in [0.717, 1.165) is 0 Å².